The molecule has 0 aliphatic carbocycles. The summed E-state index contributed by atoms with van der Waals surface area (Å²) in [5.74, 6) is -0.816. The van der Waals surface area contributed by atoms with E-state index in [-0.39, 0.29) is 6.54 Å². The van der Waals surface area contributed by atoms with Crippen molar-refractivity contribution in [1.29, 1.82) is 0 Å². The summed E-state index contributed by atoms with van der Waals surface area (Å²) < 4.78 is 10.9. The average molecular weight is 272 g/mol. The zero-order chi connectivity index (χ0) is 13.3. The standard InChI is InChI=1S/C12H14ClNO4/c1-6-7(8(5-14)12(15)16)4-9-11(10(6)13)18-3-2-17-9/h4,8H,2-3,5,14H2,1H3,(H,15,16). The van der Waals surface area contributed by atoms with Crippen molar-refractivity contribution in [3.63, 3.8) is 0 Å². The number of ether oxygens (including phenoxy) is 2. The monoisotopic (exact) mass is 271 g/mol. The normalized spacial score (nSPS) is 15.3. The van der Waals surface area contributed by atoms with Crippen LogP contribution in [0, 0.1) is 6.92 Å². The number of hydrogen-bond donors (Lipinski definition) is 2. The average Bonchev–Trinajstić information content (AvgIpc) is 2.36. The smallest absolute Gasteiger partial charge is 0.312 e. The van der Waals surface area contributed by atoms with Gasteiger partial charge in [-0.2, -0.15) is 0 Å². The molecule has 98 valence electrons. The highest BCUT2D eigenvalue weighted by Crippen LogP contribution is 2.42. The van der Waals surface area contributed by atoms with E-state index in [9.17, 15) is 4.79 Å². The summed E-state index contributed by atoms with van der Waals surface area (Å²) in [4.78, 5) is 11.2. The predicted octanol–water partition coefficient (Wildman–Crippen LogP) is 1.55. The van der Waals surface area contributed by atoms with Crippen LogP contribution < -0.4 is 15.2 Å². The van der Waals surface area contributed by atoms with Gasteiger partial charge < -0.3 is 20.3 Å². The molecule has 1 atom stereocenters. The van der Waals surface area contributed by atoms with E-state index < -0.39 is 11.9 Å². The number of rotatable bonds is 3. The van der Waals surface area contributed by atoms with E-state index in [1.54, 1.807) is 13.0 Å². The molecule has 0 bridgehead atoms. The number of hydrogen-bond acceptors (Lipinski definition) is 4. The van der Waals surface area contributed by atoms with Crippen LogP contribution in [-0.4, -0.2) is 30.8 Å². The first-order valence-electron chi connectivity index (χ1n) is 5.57. The number of carbonyl (C=O) groups is 1. The van der Waals surface area contributed by atoms with E-state index in [0.29, 0.717) is 40.9 Å². The lowest BCUT2D eigenvalue weighted by Crippen LogP contribution is -2.23. The second kappa shape index (κ2) is 5.04. The van der Waals surface area contributed by atoms with E-state index in [0.717, 1.165) is 0 Å². The quantitative estimate of drug-likeness (QED) is 0.872. The van der Waals surface area contributed by atoms with E-state index in [4.69, 9.17) is 31.9 Å². The molecule has 0 radical (unpaired) electrons. The van der Waals surface area contributed by atoms with Gasteiger partial charge >= 0.3 is 5.97 Å². The molecular weight excluding hydrogens is 258 g/mol. The minimum absolute atomic E-state index is 0.00610. The fourth-order valence-corrected chi connectivity index (χ4v) is 2.24. The first kappa shape index (κ1) is 13.0. The maximum absolute atomic E-state index is 11.2. The van der Waals surface area contributed by atoms with E-state index in [2.05, 4.69) is 0 Å². The third-order valence-corrected chi connectivity index (χ3v) is 3.42. The molecule has 3 N–H and O–H groups in total. The summed E-state index contributed by atoms with van der Waals surface area (Å²) in [7, 11) is 0. The Labute approximate surface area is 109 Å². The second-order valence-electron chi connectivity index (χ2n) is 4.06. The number of carboxylic acids is 1. The molecule has 0 saturated heterocycles. The molecule has 1 aliphatic rings. The van der Waals surface area contributed by atoms with Gasteiger partial charge in [0.15, 0.2) is 11.5 Å². The Morgan fingerprint density at radius 1 is 1.56 bits per heavy atom. The van der Waals surface area contributed by atoms with Gasteiger partial charge in [0.1, 0.15) is 13.2 Å². The lowest BCUT2D eigenvalue weighted by Gasteiger charge is -2.23. The number of benzene rings is 1. The van der Waals surface area contributed by atoms with Crippen LogP contribution in [0.5, 0.6) is 11.5 Å². The van der Waals surface area contributed by atoms with E-state index >= 15 is 0 Å². The predicted molar refractivity (Wildman–Crippen MR) is 66.6 cm³/mol. The minimum atomic E-state index is -0.978. The number of fused-ring (bicyclic) bond motifs is 1. The van der Waals surface area contributed by atoms with Gasteiger partial charge in [-0.15, -0.1) is 0 Å². The Hall–Kier alpha value is -1.46. The van der Waals surface area contributed by atoms with Gasteiger partial charge in [-0.3, -0.25) is 4.79 Å². The van der Waals surface area contributed by atoms with Crippen molar-refractivity contribution in [2.75, 3.05) is 19.8 Å². The molecule has 0 aromatic heterocycles. The SMILES string of the molecule is Cc1c(C(CN)C(=O)O)cc2c(c1Cl)OCCO2. The van der Waals surface area contributed by atoms with Gasteiger partial charge in [-0.25, -0.2) is 0 Å². The fraction of sp³-hybridized carbons (Fsp3) is 0.417. The summed E-state index contributed by atoms with van der Waals surface area (Å²) in [6.07, 6.45) is 0. The third-order valence-electron chi connectivity index (χ3n) is 2.97. The second-order valence-corrected chi connectivity index (χ2v) is 4.43. The van der Waals surface area contributed by atoms with Crippen molar-refractivity contribution in [3.8, 4) is 11.5 Å². The van der Waals surface area contributed by atoms with Crippen molar-refractivity contribution in [2.45, 2.75) is 12.8 Å². The summed E-state index contributed by atoms with van der Waals surface area (Å²) in [5, 5.41) is 9.54. The highest BCUT2D eigenvalue weighted by atomic mass is 35.5. The molecule has 1 aromatic rings. The summed E-state index contributed by atoms with van der Waals surface area (Å²) in [5.41, 5.74) is 6.74. The van der Waals surface area contributed by atoms with Crippen molar-refractivity contribution in [3.05, 3.63) is 22.2 Å². The highest BCUT2D eigenvalue weighted by Gasteiger charge is 2.26. The largest absolute Gasteiger partial charge is 0.486 e. The molecule has 1 heterocycles. The fourth-order valence-electron chi connectivity index (χ4n) is 1.98. The van der Waals surface area contributed by atoms with Gasteiger partial charge in [-0.1, -0.05) is 11.6 Å². The lowest BCUT2D eigenvalue weighted by atomic mass is 9.94. The first-order chi connectivity index (χ1) is 8.56. The van der Waals surface area contributed by atoms with Crippen LogP contribution >= 0.6 is 11.6 Å². The van der Waals surface area contributed by atoms with Gasteiger partial charge in [0, 0.05) is 6.54 Å². The van der Waals surface area contributed by atoms with Crippen molar-refractivity contribution in [2.24, 2.45) is 5.73 Å². The zero-order valence-corrected chi connectivity index (χ0v) is 10.7. The minimum Gasteiger partial charge on any atom is -0.486 e. The molecule has 5 nitrogen and oxygen atoms in total. The van der Waals surface area contributed by atoms with Crippen LogP contribution in [0.1, 0.15) is 17.0 Å². The van der Waals surface area contributed by atoms with E-state index in [1.165, 1.54) is 0 Å². The Balaban J connectivity index is 2.55. The number of aliphatic carboxylic acids is 1. The molecule has 1 aliphatic heterocycles. The molecule has 2 rings (SSSR count). The maximum Gasteiger partial charge on any atom is 0.312 e. The molecular formula is C12H14ClNO4. The van der Waals surface area contributed by atoms with Gasteiger partial charge in [-0.05, 0) is 24.1 Å². The first-order valence-corrected chi connectivity index (χ1v) is 5.95. The summed E-state index contributed by atoms with van der Waals surface area (Å²) in [6, 6.07) is 1.65. The molecule has 1 aromatic carbocycles. The molecule has 0 spiro atoms. The third kappa shape index (κ3) is 2.11. The van der Waals surface area contributed by atoms with Crippen molar-refractivity contribution < 1.29 is 19.4 Å². The highest BCUT2D eigenvalue weighted by molar-refractivity contribution is 6.33. The van der Waals surface area contributed by atoms with Crippen LogP contribution in [0.2, 0.25) is 5.02 Å². The topological polar surface area (TPSA) is 81.8 Å². The lowest BCUT2D eigenvalue weighted by molar-refractivity contribution is -0.138. The van der Waals surface area contributed by atoms with E-state index in [1.807, 2.05) is 0 Å². The Morgan fingerprint density at radius 3 is 2.83 bits per heavy atom. The van der Waals surface area contributed by atoms with Crippen LogP contribution in [0.25, 0.3) is 0 Å². The molecule has 0 fully saturated rings. The zero-order valence-electron chi connectivity index (χ0n) is 9.90. The Bertz CT molecular complexity index is 489. The summed E-state index contributed by atoms with van der Waals surface area (Å²) in [6.45, 7) is 2.62. The van der Waals surface area contributed by atoms with Gasteiger partial charge in [0.25, 0.3) is 0 Å². The molecule has 0 saturated carbocycles. The Kier molecular flexibility index (Phi) is 3.63. The molecule has 18 heavy (non-hydrogen) atoms. The van der Waals surface area contributed by atoms with Crippen molar-refractivity contribution in [1.82, 2.24) is 0 Å². The van der Waals surface area contributed by atoms with Crippen LogP contribution in [0.15, 0.2) is 6.07 Å². The van der Waals surface area contributed by atoms with Crippen LogP contribution in [-0.2, 0) is 4.79 Å². The Morgan fingerprint density at radius 2 is 2.22 bits per heavy atom. The molecule has 1 unspecified atom stereocenters. The van der Waals surface area contributed by atoms with Gasteiger partial charge in [0.05, 0.1) is 10.9 Å². The van der Waals surface area contributed by atoms with Gasteiger partial charge in [0.2, 0.25) is 0 Å². The number of carboxylic acid groups (broad SMARTS) is 1. The van der Waals surface area contributed by atoms with Crippen molar-refractivity contribution >= 4 is 17.6 Å². The van der Waals surface area contributed by atoms with Crippen LogP contribution in [0.3, 0.4) is 0 Å². The maximum atomic E-state index is 11.2. The molecule has 0 amide bonds. The summed E-state index contributed by atoms with van der Waals surface area (Å²) >= 11 is 6.18. The van der Waals surface area contributed by atoms with Crippen LogP contribution in [0.4, 0.5) is 0 Å². The molecule has 6 heteroatoms. The number of nitrogens with two attached hydrogens (primary N) is 1. The number of halogens is 1.